The van der Waals surface area contributed by atoms with Crippen molar-refractivity contribution in [3.8, 4) is 0 Å². The first-order valence-electron chi connectivity index (χ1n) is 6.04. The molecule has 1 N–H and O–H groups in total. The predicted molar refractivity (Wildman–Crippen MR) is 90.0 cm³/mol. The summed E-state index contributed by atoms with van der Waals surface area (Å²) in [6.45, 7) is 7.43. The van der Waals surface area contributed by atoms with E-state index in [0.29, 0.717) is 5.04 Å². The number of thioether (sulfide) groups is 1. The van der Waals surface area contributed by atoms with E-state index in [1.165, 1.54) is 0 Å². The number of benzene rings is 1. The molecule has 0 spiro atoms. The Morgan fingerprint density at radius 1 is 1.26 bits per heavy atom. The summed E-state index contributed by atoms with van der Waals surface area (Å²) < 4.78 is 1.02. The first kappa shape index (κ1) is 18.8. The Labute approximate surface area is 134 Å². The van der Waals surface area contributed by atoms with Gasteiger partial charge in [0.2, 0.25) is 0 Å². The van der Waals surface area contributed by atoms with Crippen molar-refractivity contribution in [2.45, 2.75) is 13.8 Å². The Morgan fingerprint density at radius 3 is 2.32 bits per heavy atom. The third-order valence-electron chi connectivity index (χ3n) is 2.72. The maximum absolute atomic E-state index is 9.07. The summed E-state index contributed by atoms with van der Waals surface area (Å²) in [5, 5.41) is 13.1. The van der Waals surface area contributed by atoms with Gasteiger partial charge in [0.25, 0.3) is 0 Å². The van der Waals surface area contributed by atoms with Crippen LogP contribution in [0.2, 0.25) is 0 Å². The second kappa shape index (κ2) is 10.5. The van der Waals surface area contributed by atoms with Crippen molar-refractivity contribution in [1.29, 1.82) is 0 Å². The van der Waals surface area contributed by atoms with Crippen LogP contribution in [0.5, 0.6) is 0 Å². The van der Waals surface area contributed by atoms with Gasteiger partial charge in [0.15, 0.2) is 0 Å². The lowest BCUT2D eigenvalue weighted by molar-refractivity contribution is 0.320. The van der Waals surface area contributed by atoms with Gasteiger partial charge in [0.1, 0.15) is 5.04 Å². The van der Waals surface area contributed by atoms with Gasteiger partial charge in [-0.3, -0.25) is 0 Å². The molecule has 1 aromatic rings. The smallest absolute Gasteiger partial charge is 0.143 e. The molecule has 0 bridgehead atoms. The third-order valence-corrected chi connectivity index (χ3v) is 4.23. The Hall–Kier alpha value is -0.230. The Bertz CT molecular complexity index is 383. The fourth-order valence-corrected chi connectivity index (χ4v) is 2.74. The maximum Gasteiger partial charge on any atom is 0.143 e. The van der Waals surface area contributed by atoms with Gasteiger partial charge < -0.3 is 10.1 Å². The largest absolute Gasteiger partial charge is 0.410 e. The first-order chi connectivity index (χ1) is 8.71. The van der Waals surface area contributed by atoms with E-state index in [1.54, 1.807) is 11.8 Å². The highest BCUT2D eigenvalue weighted by Crippen LogP contribution is 2.17. The van der Waals surface area contributed by atoms with Gasteiger partial charge in [-0.2, -0.15) is 0 Å². The van der Waals surface area contributed by atoms with Crippen molar-refractivity contribution in [1.82, 2.24) is 4.90 Å². The van der Waals surface area contributed by atoms with Crippen molar-refractivity contribution < 1.29 is 5.21 Å². The standard InChI is InChI=1S/C13H19BrN2OS.ClH/c1-3-16(4-2)9-10-18-13(15-17)11-5-7-12(14)8-6-11;/h5-8,17H,3-4,9-10H2,1-2H3;1H. The summed E-state index contributed by atoms with van der Waals surface area (Å²) in [7, 11) is 0. The second-order valence-electron chi connectivity index (χ2n) is 3.79. The van der Waals surface area contributed by atoms with E-state index in [4.69, 9.17) is 5.21 Å². The zero-order valence-electron chi connectivity index (χ0n) is 11.2. The van der Waals surface area contributed by atoms with E-state index in [9.17, 15) is 0 Å². The SMILES string of the molecule is CCN(CC)CCSC(=NO)c1ccc(Br)cc1.Cl. The van der Waals surface area contributed by atoms with E-state index < -0.39 is 0 Å². The zero-order chi connectivity index (χ0) is 13.4. The lowest BCUT2D eigenvalue weighted by Crippen LogP contribution is -2.25. The monoisotopic (exact) mass is 366 g/mol. The minimum Gasteiger partial charge on any atom is -0.410 e. The maximum atomic E-state index is 9.07. The highest BCUT2D eigenvalue weighted by molar-refractivity contribution is 9.10. The minimum atomic E-state index is 0. The fraction of sp³-hybridized carbons (Fsp3) is 0.462. The summed E-state index contributed by atoms with van der Waals surface area (Å²) in [6.07, 6.45) is 0. The third kappa shape index (κ3) is 6.65. The van der Waals surface area contributed by atoms with Crippen molar-refractivity contribution >= 4 is 45.1 Å². The number of hydrogen-bond donors (Lipinski definition) is 1. The number of rotatable bonds is 6. The molecule has 3 nitrogen and oxygen atoms in total. The average molecular weight is 368 g/mol. The van der Waals surface area contributed by atoms with E-state index in [0.717, 1.165) is 35.4 Å². The van der Waals surface area contributed by atoms with E-state index >= 15 is 0 Å². The van der Waals surface area contributed by atoms with Gasteiger partial charge >= 0.3 is 0 Å². The summed E-state index contributed by atoms with van der Waals surface area (Å²) >= 11 is 4.97. The molecule has 0 unspecified atom stereocenters. The Morgan fingerprint density at radius 2 is 1.84 bits per heavy atom. The normalized spacial score (nSPS) is 11.5. The molecule has 0 amide bonds. The van der Waals surface area contributed by atoms with Crippen LogP contribution in [-0.2, 0) is 0 Å². The number of oxime groups is 1. The topological polar surface area (TPSA) is 35.8 Å². The van der Waals surface area contributed by atoms with Crippen molar-refractivity contribution in [3.05, 3.63) is 34.3 Å². The van der Waals surface area contributed by atoms with Crippen LogP contribution < -0.4 is 0 Å². The van der Waals surface area contributed by atoms with E-state index in [-0.39, 0.29) is 12.4 Å². The van der Waals surface area contributed by atoms with Gasteiger partial charge in [0.05, 0.1) is 0 Å². The molecular weight excluding hydrogens is 348 g/mol. The number of hydrogen-bond acceptors (Lipinski definition) is 4. The lowest BCUT2D eigenvalue weighted by atomic mass is 10.2. The van der Waals surface area contributed by atoms with Crippen LogP contribution in [0.15, 0.2) is 33.9 Å². The van der Waals surface area contributed by atoms with Crippen LogP contribution in [0.25, 0.3) is 0 Å². The molecule has 0 atom stereocenters. The van der Waals surface area contributed by atoms with Crippen LogP contribution in [0.4, 0.5) is 0 Å². The molecule has 6 heteroatoms. The van der Waals surface area contributed by atoms with Crippen LogP contribution in [0.3, 0.4) is 0 Å². The molecule has 19 heavy (non-hydrogen) atoms. The van der Waals surface area contributed by atoms with Gasteiger partial charge in [-0.25, -0.2) is 0 Å². The molecule has 0 aromatic heterocycles. The molecule has 0 aliphatic heterocycles. The van der Waals surface area contributed by atoms with Gasteiger partial charge in [-0.1, -0.05) is 47.1 Å². The van der Waals surface area contributed by atoms with Crippen LogP contribution in [-0.4, -0.2) is 40.5 Å². The summed E-state index contributed by atoms with van der Waals surface area (Å²) in [4.78, 5) is 2.35. The molecule has 0 saturated heterocycles. The highest BCUT2D eigenvalue weighted by Gasteiger charge is 2.06. The van der Waals surface area contributed by atoms with Gasteiger partial charge in [-0.05, 0) is 25.2 Å². The molecule has 0 fully saturated rings. The van der Waals surface area contributed by atoms with Crippen molar-refractivity contribution in [2.75, 3.05) is 25.4 Å². The second-order valence-corrected chi connectivity index (χ2v) is 5.79. The first-order valence-corrected chi connectivity index (χ1v) is 7.82. The predicted octanol–water partition coefficient (Wildman–Crippen LogP) is 4.08. The molecule has 0 radical (unpaired) electrons. The average Bonchev–Trinajstić information content (AvgIpc) is 2.41. The molecule has 1 rings (SSSR count). The summed E-state index contributed by atoms with van der Waals surface area (Å²) in [5.74, 6) is 0.928. The Kier molecular flexibility index (Phi) is 10.4. The van der Waals surface area contributed by atoms with Gasteiger partial charge in [-0.15, -0.1) is 24.2 Å². The molecule has 108 valence electrons. The number of nitrogens with zero attached hydrogens (tertiary/aromatic N) is 2. The van der Waals surface area contributed by atoms with E-state index in [2.05, 4.69) is 39.8 Å². The summed E-state index contributed by atoms with van der Waals surface area (Å²) in [6, 6.07) is 7.80. The zero-order valence-corrected chi connectivity index (χ0v) is 14.4. The van der Waals surface area contributed by atoms with Crippen LogP contribution >= 0.6 is 40.1 Å². The van der Waals surface area contributed by atoms with Crippen LogP contribution in [0.1, 0.15) is 19.4 Å². The fourth-order valence-electron chi connectivity index (χ4n) is 1.57. The molecule has 1 aromatic carbocycles. The molecule has 0 heterocycles. The molecule has 0 saturated carbocycles. The van der Waals surface area contributed by atoms with Crippen molar-refractivity contribution in [3.63, 3.8) is 0 Å². The number of halogens is 2. The minimum absolute atomic E-state index is 0. The van der Waals surface area contributed by atoms with E-state index in [1.807, 2.05) is 24.3 Å². The molecule has 0 aliphatic carbocycles. The Balaban J connectivity index is 0.00000324. The lowest BCUT2D eigenvalue weighted by Gasteiger charge is -2.17. The molecular formula is C13H20BrClN2OS. The van der Waals surface area contributed by atoms with Gasteiger partial charge in [0, 0.05) is 22.3 Å². The quantitative estimate of drug-likeness (QED) is 0.356. The molecule has 0 aliphatic rings. The summed E-state index contributed by atoms with van der Waals surface area (Å²) in [5.41, 5.74) is 0.949. The van der Waals surface area contributed by atoms with Crippen molar-refractivity contribution in [2.24, 2.45) is 5.16 Å². The van der Waals surface area contributed by atoms with Crippen LogP contribution in [0, 0.1) is 0 Å². The highest BCUT2D eigenvalue weighted by atomic mass is 79.9.